The smallest absolute Gasteiger partial charge is 0.191 e. The first-order valence-corrected chi connectivity index (χ1v) is 8.97. The Labute approximate surface area is 132 Å². The number of aromatic nitrogens is 1. The number of guanidine groups is 1. The third-order valence-corrected chi connectivity index (χ3v) is 4.85. The Morgan fingerprint density at radius 3 is 3.14 bits per heavy atom. The number of nitrogens with one attached hydrogen (secondary N) is 2. The van der Waals surface area contributed by atoms with E-state index in [1.807, 2.05) is 24.2 Å². The van der Waals surface area contributed by atoms with Crippen LogP contribution in [-0.4, -0.2) is 41.6 Å². The van der Waals surface area contributed by atoms with Gasteiger partial charge in [0.15, 0.2) is 5.96 Å². The van der Waals surface area contributed by atoms with Gasteiger partial charge < -0.3 is 10.6 Å². The Balaban J connectivity index is 1.86. The first-order valence-electron chi connectivity index (χ1n) is 7.81. The fourth-order valence-electron chi connectivity index (χ4n) is 2.44. The average Bonchev–Trinajstić information content (AvgIpc) is 2.50. The molecule has 1 atom stereocenters. The van der Waals surface area contributed by atoms with Gasteiger partial charge in [0.2, 0.25) is 0 Å². The summed E-state index contributed by atoms with van der Waals surface area (Å²) in [5, 5.41) is 6.91. The van der Waals surface area contributed by atoms with Gasteiger partial charge in [0.1, 0.15) is 0 Å². The Morgan fingerprint density at radius 2 is 2.43 bits per heavy atom. The van der Waals surface area contributed by atoms with E-state index in [-0.39, 0.29) is 0 Å². The van der Waals surface area contributed by atoms with Gasteiger partial charge in [-0.2, -0.15) is 11.8 Å². The molecule has 4 nitrogen and oxygen atoms in total. The maximum atomic E-state index is 4.71. The molecule has 2 N–H and O–H groups in total. The number of aryl methyl sites for hydroxylation is 1. The van der Waals surface area contributed by atoms with Crippen molar-refractivity contribution in [2.24, 2.45) is 4.99 Å². The molecule has 1 unspecified atom stereocenters. The average molecular weight is 306 g/mol. The zero-order valence-electron chi connectivity index (χ0n) is 13.1. The van der Waals surface area contributed by atoms with Crippen LogP contribution in [0.1, 0.15) is 30.9 Å². The molecule has 1 aliphatic rings. The van der Waals surface area contributed by atoms with Crippen molar-refractivity contribution < 1.29 is 0 Å². The van der Waals surface area contributed by atoms with E-state index in [9.17, 15) is 0 Å². The second-order valence-corrected chi connectivity index (χ2v) is 6.52. The molecule has 0 aromatic carbocycles. The number of aliphatic imine (C=N–C) groups is 1. The van der Waals surface area contributed by atoms with Crippen LogP contribution in [0.15, 0.2) is 23.5 Å². The lowest BCUT2D eigenvalue weighted by atomic mass is 10.1. The van der Waals surface area contributed by atoms with E-state index in [2.05, 4.69) is 35.5 Å². The minimum atomic E-state index is 0.559. The predicted octanol–water partition coefficient (Wildman–Crippen LogP) is 2.38. The second kappa shape index (κ2) is 8.93. The summed E-state index contributed by atoms with van der Waals surface area (Å²) in [6, 6.07) is 2.65. The van der Waals surface area contributed by atoms with Crippen LogP contribution in [0.4, 0.5) is 0 Å². The van der Waals surface area contributed by atoms with E-state index in [0.717, 1.165) is 25.5 Å². The summed E-state index contributed by atoms with van der Waals surface area (Å²) in [6.07, 6.45) is 7.29. The molecule has 0 aliphatic carbocycles. The molecule has 116 valence electrons. The summed E-state index contributed by atoms with van der Waals surface area (Å²) in [6.45, 7) is 5.93. The van der Waals surface area contributed by atoms with Crippen LogP contribution in [0.3, 0.4) is 0 Å². The van der Waals surface area contributed by atoms with Crippen molar-refractivity contribution in [3.05, 3.63) is 29.6 Å². The Bertz CT molecular complexity index is 455. The van der Waals surface area contributed by atoms with Crippen LogP contribution in [0.25, 0.3) is 0 Å². The molecule has 2 heterocycles. The highest BCUT2D eigenvalue weighted by molar-refractivity contribution is 7.99. The number of rotatable bonds is 5. The Kier molecular flexibility index (Phi) is 6.86. The van der Waals surface area contributed by atoms with E-state index in [4.69, 9.17) is 4.99 Å². The molecule has 0 amide bonds. The lowest BCUT2D eigenvalue weighted by Crippen LogP contribution is -2.45. The van der Waals surface area contributed by atoms with Crippen molar-refractivity contribution >= 4 is 17.7 Å². The molecular weight excluding hydrogens is 280 g/mol. The summed E-state index contributed by atoms with van der Waals surface area (Å²) in [5.41, 5.74) is 2.58. The Morgan fingerprint density at radius 1 is 1.52 bits per heavy atom. The third-order valence-electron chi connectivity index (χ3n) is 3.63. The molecule has 1 aliphatic heterocycles. The zero-order chi connectivity index (χ0) is 14.9. The molecule has 5 heteroatoms. The van der Waals surface area contributed by atoms with Crippen LogP contribution < -0.4 is 10.6 Å². The van der Waals surface area contributed by atoms with Crippen molar-refractivity contribution in [1.29, 1.82) is 0 Å². The van der Waals surface area contributed by atoms with Gasteiger partial charge in [0.05, 0.1) is 0 Å². The van der Waals surface area contributed by atoms with Crippen molar-refractivity contribution in [3.63, 3.8) is 0 Å². The molecule has 0 spiro atoms. The minimum Gasteiger partial charge on any atom is -0.357 e. The van der Waals surface area contributed by atoms with Gasteiger partial charge in [0, 0.05) is 37.3 Å². The van der Waals surface area contributed by atoms with Crippen LogP contribution in [0.2, 0.25) is 0 Å². The molecule has 1 saturated heterocycles. The van der Waals surface area contributed by atoms with E-state index < -0.39 is 0 Å². The summed E-state index contributed by atoms with van der Waals surface area (Å²) in [7, 11) is 0. The number of thioether (sulfide) groups is 1. The highest BCUT2D eigenvalue weighted by Crippen LogP contribution is 2.16. The molecule has 1 aromatic rings. The van der Waals surface area contributed by atoms with Gasteiger partial charge in [0.25, 0.3) is 0 Å². The van der Waals surface area contributed by atoms with Crippen LogP contribution in [0.5, 0.6) is 0 Å². The fraction of sp³-hybridized carbons (Fsp3) is 0.625. The third kappa shape index (κ3) is 5.58. The highest BCUT2D eigenvalue weighted by atomic mass is 32.2. The van der Waals surface area contributed by atoms with Gasteiger partial charge in [-0.05, 0) is 56.1 Å². The maximum Gasteiger partial charge on any atom is 0.191 e. The van der Waals surface area contributed by atoms with E-state index in [0.29, 0.717) is 6.04 Å². The lowest BCUT2D eigenvalue weighted by molar-refractivity contribution is 0.582. The first kappa shape index (κ1) is 16.1. The highest BCUT2D eigenvalue weighted by Gasteiger charge is 2.14. The lowest BCUT2D eigenvalue weighted by Gasteiger charge is -2.24. The summed E-state index contributed by atoms with van der Waals surface area (Å²) < 4.78 is 0. The topological polar surface area (TPSA) is 49.3 Å². The predicted molar refractivity (Wildman–Crippen MR) is 92.1 cm³/mol. The SMILES string of the molecule is CCNC(=NCCc1ccncc1C)NC1CCCSC1. The van der Waals surface area contributed by atoms with Crippen molar-refractivity contribution in [2.75, 3.05) is 24.6 Å². The van der Waals surface area contributed by atoms with Crippen LogP contribution >= 0.6 is 11.8 Å². The van der Waals surface area contributed by atoms with E-state index in [1.165, 1.54) is 35.5 Å². The van der Waals surface area contributed by atoms with Crippen molar-refractivity contribution in [1.82, 2.24) is 15.6 Å². The molecule has 0 bridgehead atoms. The minimum absolute atomic E-state index is 0.559. The van der Waals surface area contributed by atoms with Crippen LogP contribution in [-0.2, 0) is 6.42 Å². The largest absolute Gasteiger partial charge is 0.357 e. The quantitative estimate of drug-likeness (QED) is 0.648. The summed E-state index contributed by atoms with van der Waals surface area (Å²) in [5.74, 6) is 3.44. The van der Waals surface area contributed by atoms with Gasteiger partial charge in [-0.15, -0.1) is 0 Å². The number of hydrogen-bond donors (Lipinski definition) is 2. The molecule has 21 heavy (non-hydrogen) atoms. The summed E-state index contributed by atoms with van der Waals surface area (Å²) in [4.78, 5) is 8.84. The van der Waals surface area contributed by atoms with Gasteiger partial charge >= 0.3 is 0 Å². The van der Waals surface area contributed by atoms with E-state index >= 15 is 0 Å². The number of pyridine rings is 1. The van der Waals surface area contributed by atoms with Crippen molar-refractivity contribution in [3.8, 4) is 0 Å². The monoisotopic (exact) mass is 306 g/mol. The molecule has 1 fully saturated rings. The van der Waals surface area contributed by atoms with Gasteiger partial charge in [-0.25, -0.2) is 0 Å². The number of nitrogens with zero attached hydrogens (tertiary/aromatic N) is 2. The normalized spacial score (nSPS) is 19.3. The van der Waals surface area contributed by atoms with Gasteiger partial charge in [-0.1, -0.05) is 0 Å². The maximum absolute atomic E-state index is 4.71. The molecule has 0 saturated carbocycles. The second-order valence-electron chi connectivity index (χ2n) is 5.37. The standard InChI is InChI=1S/C16H26N4S/c1-3-18-16(20-15-5-4-10-21-12-15)19-9-7-14-6-8-17-11-13(14)2/h6,8,11,15H,3-5,7,9-10,12H2,1-2H3,(H2,18,19,20). The zero-order valence-corrected chi connectivity index (χ0v) is 13.9. The molecule has 0 radical (unpaired) electrons. The molecular formula is C16H26N4S. The van der Waals surface area contributed by atoms with Crippen LogP contribution in [0, 0.1) is 6.92 Å². The Hall–Kier alpha value is -1.23. The molecule has 1 aromatic heterocycles. The number of hydrogen-bond acceptors (Lipinski definition) is 3. The molecule has 2 rings (SSSR count). The summed E-state index contributed by atoms with van der Waals surface area (Å²) >= 11 is 2.03. The fourth-order valence-corrected chi connectivity index (χ4v) is 3.51. The first-order chi connectivity index (χ1) is 10.3. The van der Waals surface area contributed by atoms with Gasteiger partial charge in [-0.3, -0.25) is 9.98 Å². The van der Waals surface area contributed by atoms with Crippen molar-refractivity contribution in [2.45, 2.75) is 39.2 Å². The van der Waals surface area contributed by atoms with E-state index in [1.54, 1.807) is 0 Å².